The number of carbonyl (C=O) groups excluding carboxylic acids is 1. The summed E-state index contributed by atoms with van der Waals surface area (Å²) >= 11 is 0. The number of methoxy groups -OCH3 is 1. The van der Waals surface area contributed by atoms with Gasteiger partial charge in [0.15, 0.2) is 5.82 Å². The summed E-state index contributed by atoms with van der Waals surface area (Å²) in [6.07, 6.45) is 8.19. The molecule has 2 atom stereocenters. The second-order valence-electron chi connectivity index (χ2n) is 10.2. The number of hydrogen-bond acceptors (Lipinski definition) is 8. The van der Waals surface area contributed by atoms with Crippen molar-refractivity contribution in [2.45, 2.75) is 56.5 Å². The van der Waals surface area contributed by atoms with Crippen LogP contribution in [0.3, 0.4) is 0 Å². The Morgan fingerprint density at radius 2 is 2.08 bits per heavy atom. The third-order valence-electron chi connectivity index (χ3n) is 7.51. The van der Waals surface area contributed by atoms with Crippen molar-refractivity contribution < 1.29 is 9.53 Å². The van der Waals surface area contributed by atoms with Crippen molar-refractivity contribution in [1.29, 1.82) is 0 Å². The zero-order valence-corrected chi connectivity index (χ0v) is 20.8. The number of ether oxygens (including phenoxy) is 1. The lowest BCUT2D eigenvalue weighted by Gasteiger charge is -2.34. The van der Waals surface area contributed by atoms with Crippen molar-refractivity contribution in [1.82, 2.24) is 34.8 Å². The van der Waals surface area contributed by atoms with E-state index in [2.05, 4.69) is 36.7 Å². The van der Waals surface area contributed by atoms with Crippen LogP contribution in [0.1, 0.15) is 50.1 Å². The smallest absolute Gasteiger partial charge is 0.243 e. The van der Waals surface area contributed by atoms with Gasteiger partial charge in [-0.15, -0.1) is 0 Å². The van der Waals surface area contributed by atoms with Gasteiger partial charge in [0.25, 0.3) is 0 Å². The Bertz CT molecular complexity index is 1200. The third-order valence-corrected chi connectivity index (χ3v) is 7.51. The number of likely N-dealkylation sites (tertiary alicyclic amines) is 1. The van der Waals surface area contributed by atoms with E-state index in [4.69, 9.17) is 14.7 Å². The number of carbonyl (C=O) groups is 1. The van der Waals surface area contributed by atoms with Crippen LogP contribution in [0, 0.1) is 0 Å². The van der Waals surface area contributed by atoms with E-state index in [1.165, 1.54) is 12.8 Å². The number of hydrogen-bond donors (Lipinski definition) is 3. The first-order valence-corrected chi connectivity index (χ1v) is 13.1. The Hall–Kier alpha value is -3.18. The summed E-state index contributed by atoms with van der Waals surface area (Å²) in [6, 6.07) is 5.86. The van der Waals surface area contributed by atoms with Crippen LogP contribution < -0.4 is 15.5 Å². The molecule has 0 spiro atoms. The fourth-order valence-corrected chi connectivity index (χ4v) is 5.43. The predicted molar refractivity (Wildman–Crippen MR) is 137 cm³/mol. The maximum Gasteiger partial charge on any atom is 0.243 e. The molecule has 3 fully saturated rings. The minimum atomic E-state index is -0.267. The fourth-order valence-electron chi connectivity index (χ4n) is 5.43. The first-order chi connectivity index (χ1) is 17.7. The molecule has 3 N–H and O–H groups in total. The molecule has 36 heavy (non-hydrogen) atoms. The highest BCUT2D eigenvalue weighted by molar-refractivity contribution is 5.85. The van der Waals surface area contributed by atoms with Gasteiger partial charge in [-0.1, -0.05) is 0 Å². The number of nitrogens with one attached hydrogen (secondary N) is 3. The van der Waals surface area contributed by atoms with E-state index >= 15 is 0 Å². The summed E-state index contributed by atoms with van der Waals surface area (Å²) < 4.78 is 7.14. The first-order valence-electron chi connectivity index (χ1n) is 13.1. The van der Waals surface area contributed by atoms with Gasteiger partial charge in [-0.25, -0.2) is 0 Å². The first kappa shape index (κ1) is 23.2. The minimum absolute atomic E-state index is 0.0702. The summed E-state index contributed by atoms with van der Waals surface area (Å²) in [7, 11) is 1.73. The number of piperidine rings is 1. The van der Waals surface area contributed by atoms with E-state index in [9.17, 15) is 4.79 Å². The second-order valence-corrected chi connectivity index (χ2v) is 10.2. The highest BCUT2D eigenvalue weighted by atomic mass is 16.5. The summed E-state index contributed by atoms with van der Waals surface area (Å²) in [5.74, 6) is 2.62. The molecule has 3 aromatic heterocycles. The molecule has 5 heterocycles. The van der Waals surface area contributed by atoms with Crippen LogP contribution in [0.25, 0.3) is 5.65 Å². The SMILES string of the molecule is COCCN1CCC[C@@H](NC(=O)[C@@H]2CCCN2c2nc(Nc3cc(C4CC4)[nH]n3)n3cccc3n2)C1. The van der Waals surface area contributed by atoms with E-state index in [0.717, 1.165) is 69.0 Å². The van der Waals surface area contributed by atoms with Gasteiger partial charge in [-0.05, 0) is 57.2 Å². The van der Waals surface area contributed by atoms with Gasteiger partial charge < -0.3 is 20.3 Å². The predicted octanol–water partition coefficient (Wildman–Crippen LogP) is 2.27. The number of H-pyrrole nitrogens is 1. The quantitative estimate of drug-likeness (QED) is 0.416. The third kappa shape index (κ3) is 4.90. The number of aromatic nitrogens is 5. The van der Waals surface area contributed by atoms with Crippen molar-refractivity contribution in [2.75, 3.05) is 50.1 Å². The van der Waals surface area contributed by atoms with Crippen molar-refractivity contribution >= 4 is 29.3 Å². The van der Waals surface area contributed by atoms with Crippen LogP contribution >= 0.6 is 0 Å². The Balaban J connectivity index is 1.18. The maximum atomic E-state index is 13.4. The number of amides is 1. The van der Waals surface area contributed by atoms with E-state index < -0.39 is 0 Å². The normalized spacial score (nSPS) is 22.9. The van der Waals surface area contributed by atoms with Crippen LogP contribution in [0.15, 0.2) is 24.4 Å². The molecular formula is C25H35N9O2. The Morgan fingerprint density at radius 3 is 2.94 bits per heavy atom. The zero-order chi connectivity index (χ0) is 24.5. The molecule has 0 bridgehead atoms. The lowest BCUT2D eigenvalue weighted by Crippen LogP contribution is -2.53. The molecule has 0 unspecified atom stereocenters. The summed E-state index contributed by atoms with van der Waals surface area (Å²) in [5, 5.41) is 14.2. The van der Waals surface area contributed by atoms with Crippen molar-refractivity contribution in [2.24, 2.45) is 0 Å². The molecule has 192 valence electrons. The maximum absolute atomic E-state index is 13.4. The lowest BCUT2D eigenvalue weighted by atomic mass is 10.0. The molecular weight excluding hydrogens is 458 g/mol. The average molecular weight is 494 g/mol. The molecule has 6 rings (SSSR count). The average Bonchev–Trinajstić information content (AvgIpc) is 3.26. The van der Waals surface area contributed by atoms with Gasteiger partial charge in [0, 0.05) is 56.7 Å². The van der Waals surface area contributed by atoms with E-state index in [1.807, 2.05) is 22.7 Å². The molecule has 2 aliphatic heterocycles. The van der Waals surface area contributed by atoms with Gasteiger partial charge in [0.05, 0.1) is 6.61 Å². The molecule has 0 radical (unpaired) electrons. The van der Waals surface area contributed by atoms with Crippen LogP contribution in [0.5, 0.6) is 0 Å². The Labute approximate surface area is 210 Å². The van der Waals surface area contributed by atoms with Crippen LogP contribution in [0.4, 0.5) is 17.7 Å². The van der Waals surface area contributed by atoms with Crippen molar-refractivity contribution in [3.05, 3.63) is 30.1 Å². The van der Waals surface area contributed by atoms with E-state index in [0.29, 0.717) is 24.4 Å². The number of anilines is 3. The van der Waals surface area contributed by atoms with Crippen molar-refractivity contribution in [3.8, 4) is 0 Å². The Morgan fingerprint density at radius 1 is 1.19 bits per heavy atom. The molecule has 3 aliphatic rings. The van der Waals surface area contributed by atoms with Crippen LogP contribution in [0.2, 0.25) is 0 Å². The largest absolute Gasteiger partial charge is 0.383 e. The van der Waals surface area contributed by atoms with Gasteiger partial charge in [0.2, 0.25) is 17.8 Å². The lowest BCUT2D eigenvalue weighted by molar-refractivity contribution is -0.123. The molecule has 1 saturated carbocycles. The molecule has 2 saturated heterocycles. The van der Waals surface area contributed by atoms with Gasteiger partial charge >= 0.3 is 0 Å². The van der Waals surface area contributed by atoms with E-state index in [1.54, 1.807) is 7.11 Å². The van der Waals surface area contributed by atoms with Crippen LogP contribution in [-0.4, -0.2) is 87.4 Å². The molecule has 11 heteroatoms. The van der Waals surface area contributed by atoms with Gasteiger partial charge in [-0.2, -0.15) is 15.1 Å². The van der Waals surface area contributed by atoms with E-state index in [-0.39, 0.29) is 18.0 Å². The molecule has 1 amide bonds. The number of aromatic amines is 1. The fraction of sp³-hybridized carbons (Fsp3) is 0.600. The summed E-state index contributed by atoms with van der Waals surface area (Å²) in [6.45, 7) is 4.30. The second kappa shape index (κ2) is 10.1. The molecule has 11 nitrogen and oxygen atoms in total. The standard InChI is InChI=1S/C25H35N9O2/c1-36-14-13-32-10-2-5-18(16-32)26-23(35)20-6-3-11-33(20)25-28-22-7-4-12-34(22)24(29-25)27-21-15-19(30-31-21)17-8-9-17/h4,7,12,15,17-18,20H,2-3,5-6,8-11,13-14,16H2,1H3,(H,26,35)(H2,27,28,29,30,31)/t18-,20+/m1/s1. The molecule has 0 aromatic carbocycles. The topological polar surface area (TPSA) is 116 Å². The van der Waals surface area contributed by atoms with Gasteiger partial charge in [0.1, 0.15) is 11.7 Å². The monoisotopic (exact) mass is 493 g/mol. The highest BCUT2D eigenvalue weighted by Gasteiger charge is 2.35. The number of fused-ring (bicyclic) bond motifs is 1. The number of nitrogens with zero attached hydrogens (tertiary/aromatic N) is 6. The summed E-state index contributed by atoms with van der Waals surface area (Å²) in [5.41, 5.74) is 1.95. The van der Waals surface area contributed by atoms with Crippen LogP contribution in [-0.2, 0) is 9.53 Å². The molecule has 1 aliphatic carbocycles. The van der Waals surface area contributed by atoms with Crippen molar-refractivity contribution in [3.63, 3.8) is 0 Å². The van der Waals surface area contributed by atoms with Gasteiger partial charge in [-0.3, -0.25) is 19.2 Å². The Kier molecular flexibility index (Phi) is 6.49. The summed E-state index contributed by atoms with van der Waals surface area (Å²) in [4.78, 5) is 27.5. The minimum Gasteiger partial charge on any atom is -0.383 e. The highest BCUT2D eigenvalue weighted by Crippen LogP contribution is 2.39. The zero-order valence-electron chi connectivity index (χ0n) is 20.8. The number of rotatable bonds is 9. The molecule has 3 aromatic rings.